The van der Waals surface area contributed by atoms with E-state index in [-0.39, 0.29) is 0 Å². The first kappa shape index (κ1) is 23.0. The Bertz CT molecular complexity index is 1490. The van der Waals surface area contributed by atoms with E-state index in [1.54, 1.807) is 12.3 Å². The van der Waals surface area contributed by atoms with Crippen molar-refractivity contribution in [2.45, 2.75) is 38.6 Å². The van der Waals surface area contributed by atoms with Crippen LogP contribution in [0.25, 0.3) is 11.3 Å². The van der Waals surface area contributed by atoms with Crippen molar-refractivity contribution in [3.8, 4) is 5.69 Å². The number of aryl methyl sites for hydroxylation is 1. The van der Waals surface area contributed by atoms with E-state index < -0.39 is 5.82 Å². The summed E-state index contributed by atoms with van der Waals surface area (Å²) in [6, 6.07) is 4.95. The second-order valence-corrected chi connectivity index (χ2v) is 9.05. The van der Waals surface area contributed by atoms with Crippen LogP contribution in [-0.2, 0) is 13.0 Å². The van der Waals surface area contributed by atoms with Crippen LogP contribution in [0.3, 0.4) is 0 Å². The number of nitrogens with zero attached hydrogens (tertiary/aromatic N) is 10. The van der Waals surface area contributed by atoms with Crippen molar-refractivity contribution in [3.05, 3.63) is 78.1 Å². The van der Waals surface area contributed by atoms with Gasteiger partial charge in [0.1, 0.15) is 17.8 Å². The van der Waals surface area contributed by atoms with Crippen molar-refractivity contribution in [1.29, 1.82) is 0 Å². The second-order valence-electron chi connectivity index (χ2n) is 9.05. The zero-order valence-electron chi connectivity index (χ0n) is 20.4. The number of piperidine rings is 1. The first-order chi connectivity index (χ1) is 18.2. The van der Waals surface area contributed by atoms with Gasteiger partial charge in [-0.2, -0.15) is 4.68 Å². The van der Waals surface area contributed by atoms with E-state index in [4.69, 9.17) is 0 Å². The Morgan fingerprint density at radius 3 is 2.59 bits per heavy atom. The minimum absolute atomic E-state index is 0.294. The van der Waals surface area contributed by atoms with Gasteiger partial charge < -0.3 is 10.2 Å². The SMILES string of the molecule is CCc1cnc(N2CCC(c3cnc4c(NCc5ccc(-n6cnnn6)c(F)c5)nccn34)CC2)nc1. The number of halogens is 1. The van der Waals surface area contributed by atoms with E-state index in [9.17, 15) is 4.39 Å². The maximum atomic E-state index is 14.6. The number of hydrogen-bond acceptors (Lipinski definition) is 9. The summed E-state index contributed by atoms with van der Waals surface area (Å²) in [5.74, 6) is 1.43. The highest BCUT2D eigenvalue weighted by Crippen LogP contribution is 2.31. The number of imidazole rings is 1. The lowest BCUT2D eigenvalue weighted by atomic mass is 9.94. The number of fused-ring (bicyclic) bond motifs is 1. The lowest BCUT2D eigenvalue weighted by molar-refractivity contribution is 0.488. The zero-order valence-corrected chi connectivity index (χ0v) is 20.4. The predicted octanol–water partition coefficient (Wildman–Crippen LogP) is 3.19. The molecule has 4 aromatic heterocycles. The number of rotatable bonds is 7. The van der Waals surface area contributed by atoms with Crippen LogP contribution in [0.5, 0.6) is 0 Å². The maximum absolute atomic E-state index is 14.6. The number of nitrogens with one attached hydrogen (secondary N) is 1. The molecule has 6 rings (SSSR count). The fourth-order valence-corrected chi connectivity index (χ4v) is 4.74. The molecule has 11 nitrogen and oxygen atoms in total. The number of anilines is 2. The molecule has 0 aliphatic carbocycles. The summed E-state index contributed by atoms with van der Waals surface area (Å²) in [7, 11) is 0. The van der Waals surface area contributed by atoms with Gasteiger partial charge >= 0.3 is 0 Å². The zero-order chi connectivity index (χ0) is 25.2. The van der Waals surface area contributed by atoms with Gasteiger partial charge in [0.25, 0.3) is 0 Å². The van der Waals surface area contributed by atoms with Gasteiger partial charge in [0, 0.05) is 62.2 Å². The molecule has 1 N–H and O–H groups in total. The predicted molar refractivity (Wildman–Crippen MR) is 135 cm³/mol. The van der Waals surface area contributed by atoms with Gasteiger partial charge in [0.05, 0.1) is 0 Å². The highest BCUT2D eigenvalue weighted by molar-refractivity contribution is 5.63. The van der Waals surface area contributed by atoms with Crippen LogP contribution in [0, 0.1) is 5.82 Å². The summed E-state index contributed by atoms with van der Waals surface area (Å²) in [4.78, 5) is 20.5. The molecule has 1 aromatic carbocycles. The number of aromatic nitrogens is 9. The van der Waals surface area contributed by atoms with Gasteiger partial charge in [0.15, 0.2) is 11.5 Å². The fourth-order valence-electron chi connectivity index (χ4n) is 4.74. The minimum Gasteiger partial charge on any atom is -0.363 e. The number of tetrazole rings is 1. The highest BCUT2D eigenvalue weighted by atomic mass is 19.1. The lowest BCUT2D eigenvalue weighted by Crippen LogP contribution is -2.34. The van der Waals surface area contributed by atoms with E-state index >= 15 is 0 Å². The van der Waals surface area contributed by atoms with Crippen LogP contribution in [0.1, 0.15) is 42.5 Å². The summed E-state index contributed by atoms with van der Waals surface area (Å²) in [6.07, 6.45) is 13.8. The number of benzene rings is 1. The van der Waals surface area contributed by atoms with E-state index in [1.165, 1.54) is 22.8 Å². The van der Waals surface area contributed by atoms with Crippen molar-refractivity contribution >= 4 is 17.4 Å². The quantitative estimate of drug-likeness (QED) is 0.360. The Balaban J connectivity index is 1.14. The van der Waals surface area contributed by atoms with Crippen LogP contribution in [0.15, 0.2) is 55.5 Å². The Labute approximate surface area is 212 Å². The molecule has 0 bridgehead atoms. The van der Waals surface area contributed by atoms with Gasteiger partial charge in [-0.05, 0) is 52.9 Å². The van der Waals surface area contributed by atoms with Gasteiger partial charge in [-0.15, -0.1) is 5.10 Å². The lowest BCUT2D eigenvalue weighted by Gasteiger charge is -2.31. The van der Waals surface area contributed by atoms with Crippen molar-refractivity contribution in [3.63, 3.8) is 0 Å². The molecule has 5 heterocycles. The standard InChI is InChI=1S/C25H26FN11/c1-2-17-12-30-25(31-13-17)35-8-5-19(6-9-35)22-15-29-24-23(27-7-10-36(22)24)28-14-18-3-4-21(20(26)11-18)37-16-32-33-34-37/h3-4,7,10-13,15-16,19H,2,5-6,8-9,14H2,1H3,(H,27,28). The first-order valence-corrected chi connectivity index (χ1v) is 12.3. The van der Waals surface area contributed by atoms with Gasteiger partial charge in [-0.1, -0.05) is 13.0 Å². The normalized spacial score (nSPS) is 14.4. The van der Waals surface area contributed by atoms with Crippen molar-refractivity contribution in [2.75, 3.05) is 23.3 Å². The average Bonchev–Trinajstić information content (AvgIpc) is 3.63. The molecule has 12 heteroatoms. The van der Waals surface area contributed by atoms with Crippen molar-refractivity contribution < 1.29 is 4.39 Å². The summed E-state index contributed by atoms with van der Waals surface area (Å²) < 4.78 is 18.0. The van der Waals surface area contributed by atoms with E-state index in [0.29, 0.717) is 24.0 Å². The summed E-state index contributed by atoms with van der Waals surface area (Å²) in [6.45, 7) is 4.29. The number of hydrogen-bond donors (Lipinski definition) is 1. The summed E-state index contributed by atoms with van der Waals surface area (Å²) in [5, 5.41) is 14.2. The molecule has 37 heavy (non-hydrogen) atoms. The summed E-state index contributed by atoms with van der Waals surface area (Å²) >= 11 is 0. The van der Waals surface area contributed by atoms with E-state index in [1.807, 2.05) is 30.9 Å². The van der Waals surface area contributed by atoms with Crippen LogP contribution < -0.4 is 10.2 Å². The molecular formula is C25H26FN11. The third-order valence-corrected chi connectivity index (χ3v) is 6.82. The average molecular weight is 500 g/mol. The van der Waals surface area contributed by atoms with Crippen molar-refractivity contribution in [2.24, 2.45) is 0 Å². The van der Waals surface area contributed by atoms with Gasteiger partial charge in [-0.25, -0.2) is 24.3 Å². The Hall–Kier alpha value is -4.48. The molecule has 188 valence electrons. The third kappa shape index (κ3) is 4.57. The largest absolute Gasteiger partial charge is 0.363 e. The van der Waals surface area contributed by atoms with Gasteiger partial charge in [0.2, 0.25) is 5.95 Å². The molecule has 0 unspecified atom stereocenters. The topological polar surface area (TPSA) is 115 Å². The van der Waals surface area contributed by atoms with E-state index in [2.05, 4.69) is 57.0 Å². The minimum atomic E-state index is -0.404. The smallest absolute Gasteiger partial charge is 0.225 e. The maximum Gasteiger partial charge on any atom is 0.225 e. The molecule has 1 aliphatic heterocycles. The first-order valence-electron chi connectivity index (χ1n) is 12.3. The van der Waals surface area contributed by atoms with Crippen LogP contribution in [0.2, 0.25) is 0 Å². The molecular weight excluding hydrogens is 473 g/mol. The second kappa shape index (κ2) is 9.88. The highest BCUT2D eigenvalue weighted by Gasteiger charge is 2.25. The monoisotopic (exact) mass is 499 g/mol. The molecule has 0 spiro atoms. The molecule has 1 fully saturated rings. The molecule has 0 amide bonds. The molecule has 1 aliphatic rings. The molecule has 0 saturated carbocycles. The Kier molecular flexibility index (Phi) is 6.13. The van der Waals surface area contributed by atoms with Crippen LogP contribution in [0.4, 0.5) is 16.2 Å². The Morgan fingerprint density at radius 1 is 1.03 bits per heavy atom. The molecule has 1 saturated heterocycles. The molecule has 5 aromatic rings. The van der Waals surface area contributed by atoms with Crippen molar-refractivity contribution in [1.82, 2.24) is 44.5 Å². The Morgan fingerprint density at radius 2 is 1.86 bits per heavy atom. The van der Waals surface area contributed by atoms with Gasteiger partial charge in [-0.3, -0.25) is 4.40 Å². The van der Waals surface area contributed by atoms with Crippen LogP contribution >= 0.6 is 0 Å². The third-order valence-electron chi connectivity index (χ3n) is 6.82. The molecule has 0 atom stereocenters. The fraction of sp³-hybridized carbons (Fsp3) is 0.320. The van der Waals surface area contributed by atoms with Crippen LogP contribution in [-0.4, -0.2) is 57.6 Å². The summed E-state index contributed by atoms with van der Waals surface area (Å²) in [5.41, 5.74) is 4.13. The van der Waals surface area contributed by atoms with E-state index in [0.717, 1.165) is 55.1 Å². The molecule has 0 radical (unpaired) electrons.